The van der Waals surface area contributed by atoms with Crippen LogP contribution in [0.2, 0.25) is 0 Å². The number of carbonyl (C=O) groups excluding carboxylic acids is 1. The fraction of sp³-hybridized carbons (Fsp3) is 0.421. The van der Waals surface area contributed by atoms with Gasteiger partial charge in [0.1, 0.15) is 5.82 Å². The number of benzene rings is 1. The lowest BCUT2D eigenvalue weighted by atomic mass is 9.95. The van der Waals surface area contributed by atoms with Crippen molar-refractivity contribution in [3.63, 3.8) is 0 Å². The Morgan fingerprint density at radius 2 is 2.03 bits per heavy atom. The highest BCUT2D eigenvalue weighted by Gasteiger charge is 2.27. The number of piperidine rings is 1. The fourth-order valence-electron chi connectivity index (χ4n) is 4.04. The third kappa shape index (κ3) is 3.80. The Labute approximate surface area is 178 Å². The van der Waals surface area contributed by atoms with Crippen LogP contribution in [0, 0.1) is 11.7 Å². The second kappa shape index (κ2) is 8.49. The van der Waals surface area contributed by atoms with Crippen LogP contribution in [0.4, 0.5) is 15.9 Å². The highest BCUT2D eigenvalue weighted by atomic mass is 35.5. The summed E-state index contributed by atoms with van der Waals surface area (Å²) in [6, 6.07) is 7.25. The van der Waals surface area contributed by atoms with Gasteiger partial charge in [-0.05, 0) is 65.6 Å². The van der Waals surface area contributed by atoms with Gasteiger partial charge in [-0.3, -0.25) is 4.79 Å². The summed E-state index contributed by atoms with van der Waals surface area (Å²) >= 11 is 0. The van der Waals surface area contributed by atoms with E-state index in [2.05, 4.69) is 36.2 Å². The standard InChI is InChI=1S/C19H21FN8O.ClH/c20-18-14-5-8-21-11-13(14)1-2-15(18)22-19(29)12-6-9-27(10-7-12)17-4-3-16-23-25-26-28(16)24-17;/h1-4,12,21H,5-11H2,(H,22,29);1H. The van der Waals surface area contributed by atoms with Crippen LogP contribution < -0.4 is 15.5 Å². The van der Waals surface area contributed by atoms with Gasteiger partial charge in [-0.15, -0.1) is 27.2 Å². The van der Waals surface area contributed by atoms with E-state index in [1.807, 2.05) is 18.2 Å². The van der Waals surface area contributed by atoms with Gasteiger partial charge in [0.25, 0.3) is 0 Å². The third-order valence-electron chi connectivity index (χ3n) is 5.71. The van der Waals surface area contributed by atoms with Crippen LogP contribution in [-0.2, 0) is 17.8 Å². The average Bonchev–Trinajstić information content (AvgIpc) is 3.24. The third-order valence-corrected chi connectivity index (χ3v) is 5.71. The molecule has 11 heteroatoms. The van der Waals surface area contributed by atoms with Gasteiger partial charge in [0, 0.05) is 25.6 Å². The molecule has 1 saturated heterocycles. The Hall–Kier alpha value is -2.85. The van der Waals surface area contributed by atoms with Crippen LogP contribution in [0.25, 0.3) is 5.65 Å². The molecule has 2 aliphatic heterocycles. The molecule has 0 aliphatic carbocycles. The first-order chi connectivity index (χ1) is 14.2. The van der Waals surface area contributed by atoms with Gasteiger partial charge in [0.2, 0.25) is 5.91 Å². The maximum atomic E-state index is 14.8. The Morgan fingerprint density at radius 1 is 1.20 bits per heavy atom. The molecule has 5 rings (SSSR count). The molecule has 0 spiro atoms. The number of fused-ring (bicyclic) bond motifs is 2. The van der Waals surface area contributed by atoms with Crippen molar-refractivity contribution < 1.29 is 9.18 Å². The molecule has 1 fully saturated rings. The van der Waals surface area contributed by atoms with E-state index in [4.69, 9.17) is 0 Å². The summed E-state index contributed by atoms with van der Waals surface area (Å²) in [5.74, 6) is 0.202. The van der Waals surface area contributed by atoms with E-state index in [0.717, 1.165) is 17.9 Å². The molecule has 0 atom stereocenters. The lowest BCUT2D eigenvalue weighted by Gasteiger charge is -2.32. The van der Waals surface area contributed by atoms with E-state index >= 15 is 0 Å². The number of carbonyl (C=O) groups is 1. The molecule has 0 saturated carbocycles. The first kappa shape index (κ1) is 20.4. The van der Waals surface area contributed by atoms with Crippen molar-refractivity contribution in [1.82, 2.24) is 30.6 Å². The van der Waals surface area contributed by atoms with Crippen molar-refractivity contribution in [2.24, 2.45) is 5.92 Å². The van der Waals surface area contributed by atoms with Crippen LogP contribution in [0.15, 0.2) is 24.3 Å². The molecule has 0 bridgehead atoms. The van der Waals surface area contributed by atoms with Gasteiger partial charge in [-0.1, -0.05) is 6.07 Å². The van der Waals surface area contributed by atoms with Crippen LogP contribution in [0.3, 0.4) is 0 Å². The van der Waals surface area contributed by atoms with E-state index in [0.29, 0.717) is 50.1 Å². The van der Waals surface area contributed by atoms with Crippen molar-refractivity contribution in [3.05, 3.63) is 41.2 Å². The van der Waals surface area contributed by atoms with E-state index in [1.54, 1.807) is 6.07 Å². The van der Waals surface area contributed by atoms with E-state index in [1.165, 1.54) is 4.63 Å². The summed E-state index contributed by atoms with van der Waals surface area (Å²) in [7, 11) is 0. The Balaban J connectivity index is 0.00000218. The number of rotatable bonds is 3. The molecule has 158 valence electrons. The molecule has 2 N–H and O–H groups in total. The van der Waals surface area contributed by atoms with E-state index < -0.39 is 0 Å². The molecule has 3 aromatic rings. The van der Waals surface area contributed by atoms with Crippen molar-refractivity contribution in [1.29, 1.82) is 0 Å². The fourth-order valence-corrected chi connectivity index (χ4v) is 4.04. The largest absolute Gasteiger partial charge is 0.355 e. The zero-order valence-electron chi connectivity index (χ0n) is 16.2. The van der Waals surface area contributed by atoms with Crippen molar-refractivity contribution in [2.45, 2.75) is 25.8 Å². The second-order valence-corrected chi connectivity index (χ2v) is 7.46. The minimum Gasteiger partial charge on any atom is -0.355 e. The quantitative estimate of drug-likeness (QED) is 0.648. The number of hydrogen-bond acceptors (Lipinski definition) is 7. The van der Waals surface area contributed by atoms with Gasteiger partial charge in [-0.25, -0.2) is 4.39 Å². The monoisotopic (exact) mass is 432 g/mol. The zero-order valence-corrected chi connectivity index (χ0v) is 17.0. The average molecular weight is 433 g/mol. The highest BCUT2D eigenvalue weighted by Crippen LogP contribution is 2.27. The van der Waals surface area contributed by atoms with Gasteiger partial charge < -0.3 is 15.5 Å². The molecule has 1 aromatic carbocycles. The lowest BCUT2D eigenvalue weighted by Crippen LogP contribution is -2.39. The first-order valence-electron chi connectivity index (χ1n) is 9.81. The molecule has 4 heterocycles. The first-order valence-corrected chi connectivity index (χ1v) is 9.81. The number of tetrazole rings is 1. The van der Waals surface area contributed by atoms with Gasteiger partial charge in [-0.2, -0.15) is 0 Å². The summed E-state index contributed by atoms with van der Waals surface area (Å²) in [6.45, 7) is 2.81. The number of nitrogens with zero attached hydrogens (tertiary/aromatic N) is 6. The Morgan fingerprint density at radius 3 is 2.87 bits per heavy atom. The summed E-state index contributed by atoms with van der Waals surface area (Å²) < 4.78 is 16.2. The summed E-state index contributed by atoms with van der Waals surface area (Å²) in [5, 5.41) is 21.7. The number of amides is 1. The number of aromatic nitrogens is 5. The maximum Gasteiger partial charge on any atom is 0.227 e. The number of nitrogens with one attached hydrogen (secondary N) is 2. The normalized spacial score (nSPS) is 16.8. The molecular formula is C19H22ClFN8O. The number of hydrogen-bond donors (Lipinski definition) is 2. The Bertz CT molecular complexity index is 1070. The molecule has 2 aromatic heterocycles. The molecule has 9 nitrogen and oxygen atoms in total. The minimum absolute atomic E-state index is 0. The molecule has 2 aliphatic rings. The summed E-state index contributed by atoms with van der Waals surface area (Å²) in [5.41, 5.74) is 2.54. The van der Waals surface area contributed by atoms with Crippen molar-refractivity contribution in [3.8, 4) is 0 Å². The number of halogens is 2. The molecule has 30 heavy (non-hydrogen) atoms. The van der Waals surface area contributed by atoms with Crippen LogP contribution in [0.5, 0.6) is 0 Å². The predicted molar refractivity (Wildman–Crippen MR) is 111 cm³/mol. The minimum atomic E-state index is -0.297. The van der Waals surface area contributed by atoms with E-state index in [-0.39, 0.29) is 35.7 Å². The highest BCUT2D eigenvalue weighted by molar-refractivity contribution is 5.93. The molecule has 1 amide bonds. The smallest absolute Gasteiger partial charge is 0.227 e. The summed E-state index contributed by atoms with van der Waals surface area (Å²) in [6.07, 6.45) is 2.00. The molecule has 0 unspecified atom stereocenters. The molecule has 0 radical (unpaired) electrons. The lowest BCUT2D eigenvalue weighted by molar-refractivity contribution is -0.120. The Kier molecular flexibility index (Phi) is 5.78. The van der Waals surface area contributed by atoms with Gasteiger partial charge in [0.15, 0.2) is 11.5 Å². The molecular weight excluding hydrogens is 411 g/mol. The predicted octanol–water partition coefficient (Wildman–Crippen LogP) is 1.58. The van der Waals surface area contributed by atoms with Gasteiger partial charge >= 0.3 is 0 Å². The van der Waals surface area contributed by atoms with Crippen LogP contribution >= 0.6 is 12.4 Å². The SMILES string of the molecule is Cl.O=C(Nc1ccc2c(c1F)CCNC2)C1CCN(c2ccc3nnnn3n2)CC1. The maximum absolute atomic E-state index is 14.8. The van der Waals surface area contributed by atoms with Crippen molar-refractivity contribution in [2.75, 3.05) is 29.9 Å². The van der Waals surface area contributed by atoms with Gasteiger partial charge in [0.05, 0.1) is 5.69 Å². The summed E-state index contributed by atoms with van der Waals surface area (Å²) in [4.78, 5) is 14.8. The van der Waals surface area contributed by atoms with Crippen LogP contribution in [-0.4, -0.2) is 50.8 Å². The number of anilines is 2. The zero-order chi connectivity index (χ0) is 19.8. The van der Waals surface area contributed by atoms with Crippen LogP contribution in [0.1, 0.15) is 24.0 Å². The topological polar surface area (TPSA) is 100 Å². The van der Waals surface area contributed by atoms with E-state index in [9.17, 15) is 9.18 Å². The van der Waals surface area contributed by atoms with Crippen molar-refractivity contribution >= 4 is 35.5 Å². The second-order valence-electron chi connectivity index (χ2n) is 7.46.